The van der Waals surface area contributed by atoms with Crippen molar-refractivity contribution in [2.24, 2.45) is 0 Å². The maximum Gasteiger partial charge on any atom is 0.0743 e. The van der Waals surface area contributed by atoms with Crippen LogP contribution in [0, 0.1) is 6.92 Å². The van der Waals surface area contributed by atoms with Crippen LogP contribution in [0.5, 0.6) is 0 Å². The summed E-state index contributed by atoms with van der Waals surface area (Å²) in [7, 11) is 0. The maximum atomic E-state index is 5.99. The van der Waals surface area contributed by atoms with Crippen LogP contribution < -0.4 is 0 Å². The van der Waals surface area contributed by atoms with E-state index in [0.29, 0.717) is 0 Å². The molecule has 0 saturated heterocycles. The lowest BCUT2D eigenvalue weighted by Gasteiger charge is -2.09. The first kappa shape index (κ1) is 14.9. The van der Waals surface area contributed by atoms with Crippen molar-refractivity contribution < 1.29 is 0 Å². The van der Waals surface area contributed by atoms with Crippen LogP contribution in [-0.2, 0) is 6.42 Å². The highest BCUT2D eigenvalue weighted by atomic mass is 35.5. The summed E-state index contributed by atoms with van der Waals surface area (Å²) in [6.45, 7) is 4.22. The first-order valence-corrected chi connectivity index (χ1v) is 7.97. The summed E-state index contributed by atoms with van der Waals surface area (Å²) in [6, 6.07) is 18.6. The molecule has 0 atom stereocenters. The van der Waals surface area contributed by atoms with Gasteiger partial charge in [-0.2, -0.15) is 5.10 Å². The van der Waals surface area contributed by atoms with Crippen LogP contribution in [0.3, 0.4) is 0 Å². The molecular weight excluding hydrogens is 292 g/mol. The fourth-order valence-electron chi connectivity index (χ4n) is 2.66. The van der Waals surface area contributed by atoms with Crippen LogP contribution in [0.4, 0.5) is 0 Å². The molecule has 0 fully saturated rings. The first-order valence-electron chi connectivity index (χ1n) is 7.59. The second-order valence-electron chi connectivity index (χ2n) is 5.51. The zero-order chi connectivity index (χ0) is 15.5. The third-order valence-corrected chi connectivity index (χ3v) is 3.92. The van der Waals surface area contributed by atoms with Gasteiger partial charge in [0, 0.05) is 10.6 Å². The molecule has 2 aromatic carbocycles. The Kier molecular flexibility index (Phi) is 4.30. The van der Waals surface area contributed by atoms with E-state index in [1.54, 1.807) is 0 Å². The number of rotatable bonds is 4. The minimum Gasteiger partial charge on any atom is -0.233 e. The largest absolute Gasteiger partial charge is 0.233 e. The van der Waals surface area contributed by atoms with Gasteiger partial charge in [0.25, 0.3) is 0 Å². The molecular formula is C19H19ClN2. The minimum absolute atomic E-state index is 0.735. The van der Waals surface area contributed by atoms with Crippen LogP contribution in [0.2, 0.25) is 5.02 Å². The van der Waals surface area contributed by atoms with Gasteiger partial charge in [-0.1, -0.05) is 43.1 Å². The molecule has 1 heterocycles. The number of aromatic nitrogens is 2. The van der Waals surface area contributed by atoms with E-state index in [2.05, 4.69) is 42.4 Å². The summed E-state index contributed by atoms with van der Waals surface area (Å²) in [5.74, 6) is 0. The lowest BCUT2D eigenvalue weighted by Crippen LogP contribution is -1.99. The molecule has 0 aliphatic heterocycles. The van der Waals surface area contributed by atoms with Crippen LogP contribution in [-0.4, -0.2) is 9.78 Å². The number of benzene rings is 2. The second kappa shape index (κ2) is 6.37. The Morgan fingerprint density at radius 1 is 1.05 bits per heavy atom. The summed E-state index contributed by atoms with van der Waals surface area (Å²) < 4.78 is 1.98. The molecule has 0 aliphatic carbocycles. The van der Waals surface area contributed by atoms with Crippen LogP contribution >= 0.6 is 11.6 Å². The van der Waals surface area contributed by atoms with Gasteiger partial charge in [-0.05, 0) is 55.3 Å². The monoisotopic (exact) mass is 310 g/mol. The van der Waals surface area contributed by atoms with Crippen LogP contribution in [0.25, 0.3) is 16.9 Å². The van der Waals surface area contributed by atoms with E-state index in [1.165, 1.54) is 11.1 Å². The highest BCUT2D eigenvalue weighted by Crippen LogP contribution is 2.25. The number of nitrogens with zero attached hydrogens (tertiary/aromatic N) is 2. The molecule has 0 spiro atoms. The number of hydrogen-bond donors (Lipinski definition) is 0. The van der Waals surface area contributed by atoms with E-state index < -0.39 is 0 Å². The Balaban J connectivity index is 2.08. The summed E-state index contributed by atoms with van der Waals surface area (Å²) >= 11 is 5.99. The predicted molar refractivity (Wildman–Crippen MR) is 92.7 cm³/mol. The van der Waals surface area contributed by atoms with Crippen LogP contribution in [0.15, 0.2) is 54.6 Å². The molecule has 3 heteroatoms. The molecule has 22 heavy (non-hydrogen) atoms. The van der Waals surface area contributed by atoms with E-state index in [4.69, 9.17) is 11.6 Å². The highest BCUT2D eigenvalue weighted by molar-refractivity contribution is 6.30. The zero-order valence-electron chi connectivity index (χ0n) is 12.9. The molecule has 0 radical (unpaired) electrons. The number of aryl methyl sites for hydroxylation is 2. The molecule has 3 aromatic rings. The fraction of sp³-hybridized carbons (Fsp3) is 0.211. The van der Waals surface area contributed by atoms with Gasteiger partial charge >= 0.3 is 0 Å². The Morgan fingerprint density at radius 2 is 1.82 bits per heavy atom. The highest BCUT2D eigenvalue weighted by Gasteiger charge is 2.10. The minimum atomic E-state index is 0.735. The first-order chi connectivity index (χ1) is 10.7. The topological polar surface area (TPSA) is 17.8 Å². The van der Waals surface area contributed by atoms with Crippen molar-refractivity contribution in [1.82, 2.24) is 9.78 Å². The van der Waals surface area contributed by atoms with Crippen molar-refractivity contribution in [2.45, 2.75) is 26.7 Å². The average molecular weight is 311 g/mol. The normalized spacial score (nSPS) is 10.9. The van der Waals surface area contributed by atoms with E-state index in [1.807, 2.05) is 35.9 Å². The average Bonchev–Trinajstić information content (AvgIpc) is 2.91. The van der Waals surface area contributed by atoms with Gasteiger partial charge in [0.2, 0.25) is 0 Å². The smallest absolute Gasteiger partial charge is 0.0743 e. The SMILES string of the molecule is CCCc1cccc(-c2cc(C)nn2-c2ccc(Cl)cc2)c1. The van der Waals surface area contributed by atoms with E-state index in [9.17, 15) is 0 Å². The quantitative estimate of drug-likeness (QED) is 0.626. The number of hydrogen-bond acceptors (Lipinski definition) is 1. The van der Waals surface area contributed by atoms with Crippen molar-refractivity contribution in [2.75, 3.05) is 0 Å². The molecule has 0 unspecified atom stereocenters. The van der Waals surface area contributed by atoms with Gasteiger partial charge in [-0.15, -0.1) is 0 Å². The predicted octanol–water partition coefficient (Wildman–Crippen LogP) is 5.45. The standard InChI is InChI=1S/C19H19ClN2/c1-3-5-15-6-4-7-16(13-15)19-12-14(2)21-22(19)18-10-8-17(20)9-11-18/h4,6-13H,3,5H2,1-2H3. The molecule has 1 aromatic heterocycles. The summed E-state index contributed by atoms with van der Waals surface area (Å²) in [5, 5.41) is 5.37. The zero-order valence-corrected chi connectivity index (χ0v) is 13.6. The number of halogens is 1. The lowest BCUT2D eigenvalue weighted by molar-refractivity contribution is 0.868. The third-order valence-electron chi connectivity index (χ3n) is 3.66. The van der Waals surface area contributed by atoms with Gasteiger partial charge in [-0.3, -0.25) is 0 Å². The van der Waals surface area contributed by atoms with Gasteiger partial charge in [-0.25, -0.2) is 4.68 Å². The Hall–Kier alpha value is -2.06. The molecule has 0 aliphatic rings. The van der Waals surface area contributed by atoms with Gasteiger partial charge < -0.3 is 0 Å². The van der Waals surface area contributed by atoms with Crippen molar-refractivity contribution in [3.05, 3.63) is 70.9 Å². The Bertz CT molecular complexity index is 772. The van der Waals surface area contributed by atoms with Crippen molar-refractivity contribution in [1.29, 1.82) is 0 Å². The Morgan fingerprint density at radius 3 is 2.55 bits per heavy atom. The Labute approximate surface area is 136 Å². The van der Waals surface area contributed by atoms with Gasteiger partial charge in [0.15, 0.2) is 0 Å². The lowest BCUT2D eigenvalue weighted by atomic mass is 10.0. The summed E-state index contributed by atoms with van der Waals surface area (Å²) in [5.41, 5.74) is 5.69. The molecule has 0 bridgehead atoms. The van der Waals surface area contributed by atoms with Gasteiger partial charge in [0.1, 0.15) is 0 Å². The molecule has 2 nitrogen and oxygen atoms in total. The molecule has 0 N–H and O–H groups in total. The molecule has 0 saturated carbocycles. The van der Waals surface area contributed by atoms with Crippen molar-refractivity contribution in [3.8, 4) is 16.9 Å². The maximum absolute atomic E-state index is 5.99. The van der Waals surface area contributed by atoms with Gasteiger partial charge in [0.05, 0.1) is 17.1 Å². The molecule has 0 amide bonds. The van der Waals surface area contributed by atoms with Crippen molar-refractivity contribution >= 4 is 11.6 Å². The van der Waals surface area contributed by atoms with Crippen molar-refractivity contribution in [3.63, 3.8) is 0 Å². The van der Waals surface area contributed by atoms with Crippen LogP contribution in [0.1, 0.15) is 24.6 Å². The van der Waals surface area contributed by atoms with E-state index >= 15 is 0 Å². The second-order valence-corrected chi connectivity index (χ2v) is 5.95. The fourth-order valence-corrected chi connectivity index (χ4v) is 2.79. The summed E-state index contributed by atoms with van der Waals surface area (Å²) in [6.07, 6.45) is 2.25. The molecule has 3 rings (SSSR count). The van der Waals surface area contributed by atoms with E-state index in [0.717, 1.165) is 34.9 Å². The molecule has 112 valence electrons. The third kappa shape index (κ3) is 3.07. The van der Waals surface area contributed by atoms with E-state index in [-0.39, 0.29) is 0 Å². The summed E-state index contributed by atoms with van der Waals surface area (Å²) in [4.78, 5) is 0.